The van der Waals surface area contributed by atoms with E-state index < -0.39 is 0 Å². The molecule has 0 aromatic rings. The molecule has 0 unspecified atom stereocenters. The first-order chi connectivity index (χ1) is 28.0. The Morgan fingerprint density at radius 1 is 0.333 bits per heavy atom. The zero-order chi connectivity index (χ0) is 41.7. The molecule has 0 spiro atoms. The summed E-state index contributed by atoms with van der Waals surface area (Å²) in [6.45, 7) is 10.2. The van der Waals surface area contributed by atoms with Crippen LogP contribution in [0, 0.1) is 11.8 Å². The monoisotopic (exact) mass is 807 g/mol. The Kier molecular flexibility index (Phi) is 45.1. The van der Waals surface area contributed by atoms with Gasteiger partial charge in [0.15, 0.2) is 0 Å². The van der Waals surface area contributed by atoms with Gasteiger partial charge in [-0.25, -0.2) is 0 Å². The molecule has 0 aromatic carbocycles. The van der Waals surface area contributed by atoms with Crippen LogP contribution in [0.2, 0.25) is 0 Å². The number of unbranched alkanes of at least 4 members (excludes halogenated alkanes) is 26. The number of esters is 2. The summed E-state index contributed by atoms with van der Waals surface area (Å²) in [6, 6.07) is 0. The fraction of sp³-hybridized carbons (Fsp3) is 0.962. The van der Waals surface area contributed by atoms with E-state index in [-0.39, 0.29) is 11.9 Å². The van der Waals surface area contributed by atoms with E-state index in [1.807, 2.05) is 7.11 Å². The van der Waals surface area contributed by atoms with Crippen molar-refractivity contribution in [3.63, 3.8) is 0 Å². The highest BCUT2D eigenvalue weighted by Crippen LogP contribution is 2.25. The largest absolute Gasteiger partial charge is 0.466 e. The second kappa shape index (κ2) is 46.0. The maximum Gasteiger partial charge on any atom is 0.306 e. The molecule has 0 saturated carbocycles. The summed E-state index contributed by atoms with van der Waals surface area (Å²) < 4.78 is 17.3. The zero-order valence-corrected chi connectivity index (χ0v) is 39.5. The number of hydrogen-bond acceptors (Lipinski definition) is 5. The van der Waals surface area contributed by atoms with E-state index >= 15 is 0 Å². The first-order valence-electron chi connectivity index (χ1n) is 25.8. The minimum atomic E-state index is 0.0285. The van der Waals surface area contributed by atoms with Crippen molar-refractivity contribution in [3.05, 3.63) is 0 Å². The predicted octanol–water partition coefficient (Wildman–Crippen LogP) is 17.0. The van der Waals surface area contributed by atoms with Gasteiger partial charge in [0.2, 0.25) is 0 Å². The van der Waals surface area contributed by atoms with E-state index in [1.54, 1.807) is 0 Å². The Labute approximate surface area is 357 Å². The fourth-order valence-electron chi connectivity index (χ4n) is 8.55. The summed E-state index contributed by atoms with van der Waals surface area (Å²) in [4.78, 5) is 25.5. The molecular formula is C52H102O5. The molecule has 57 heavy (non-hydrogen) atoms. The van der Waals surface area contributed by atoms with Crippen molar-refractivity contribution >= 4 is 11.9 Å². The summed E-state index contributed by atoms with van der Waals surface area (Å²) in [6.07, 6.45) is 48.9. The summed E-state index contributed by atoms with van der Waals surface area (Å²) in [5, 5.41) is 0. The topological polar surface area (TPSA) is 61.8 Å². The third kappa shape index (κ3) is 41.4. The number of methoxy groups -OCH3 is 1. The second-order valence-electron chi connectivity index (χ2n) is 18.1. The van der Waals surface area contributed by atoms with Gasteiger partial charge in [0.25, 0.3) is 0 Å². The molecule has 0 bridgehead atoms. The Morgan fingerprint density at radius 3 is 0.860 bits per heavy atom. The van der Waals surface area contributed by atoms with Gasteiger partial charge in [-0.1, -0.05) is 220 Å². The highest BCUT2D eigenvalue weighted by Gasteiger charge is 2.16. The van der Waals surface area contributed by atoms with Gasteiger partial charge in [0, 0.05) is 20.0 Å². The molecular weight excluding hydrogens is 705 g/mol. The van der Waals surface area contributed by atoms with Crippen LogP contribution in [-0.4, -0.2) is 38.4 Å². The Balaban J connectivity index is 4.12. The van der Waals surface area contributed by atoms with Crippen molar-refractivity contribution in [1.82, 2.24) is 0 Å². The summed E-state index contributed by atoms with van der Waals surface area (Å²) in [5.74, 6) is 1.06. The molecule has 340 valence electrons. The number of ether oxygens (including phenoxy) is 3. The Hall–Kier alpha value is -1.10. The highest BCUT2D eigenvalue weighted by molar-refractivity contribution is 5.70. The van der Waals surface area contributed by atoms with Crippen molar-refractivity contribution in [1.29, 1.82) is 0 Å². The molecule has 0 heterocycles. The smallest absolute Gasteiger partial charge is 0.306 e. The molecule has 0 atom stereocenters. The quantitative estimate of drug-likeness (QED) is 0.0453. The molecule has 0 aliphatic carbocycles. The molecule has 0 N–H and O–H groups in total. The number of hydrogen-bond donors (Lipinski definition) is 0. The van der Waals surface area contributed by atoms with Crippen molar-refractivity contribution in [2.24, 2.45) is 11.8 Å². The van der Waals surface area contributed by atoms with Crippen molar-refractivity contribution in [2.75, 3.05) is 20.3 Å². The fourth-order valence-corrected chi connectivity index (χ4v) is 8.55. The SMILES string of the molecule is CCCCCCCCC(CCCCCCCC)CC(=O)OCCCCCCC(CCCCCCOC(=O)CC(CCCCCCCC)CCCCCCCC)OC. The van der Waals surface area contributed by atoms with Crippen molar-refractivity contribution < 1.29 is 23.8 Å². The molecule has 0 aliphatic rings. The highest BCUT2D eigenvalue weighted by atomic mass is 16.5. The molecule has 0 rings (SSSR count). The molecule has 5 heteroatoms. The molecule has 0 amide bonds. The van der Waals surface area contributed by atoms with E-state index in [1.165, 1.54) is 205 Å². The first-order valence-corrected chi connectivity index (χ1v) is 25.8. The van der Waals surface area contributed by atoms with E-state index in [0.29, 0.717) is 44.0 Å². The van der Waals surface area contributed by atoms with E-state index in [2.05, 4.69) is 27.7 Å². The van der Waals surface area contributed by atoms with Crippen LogP contribution in [0.5, 0.6) is 0 Å². The number of carbonyl (C=O) groups is 2. The number of rotatable bonds is 47. The van der Waals surface area contributed by atoms with E-state index in [9.17, 15) is 9.59 Å². The second-order valence-corrected chi connectivity index (χ2v) is 18.1. The van der Waals surface area contributed by atoms with Crippen LogP contribution >= 0.6 is 0 Å². The molecule has 0 saturated heterocycles. The number of carbonyl (C=O) groups excluding carboxylic acids is 2. The molecule has 0 radical (unpaired) electrons. The Bertz CT molecular complexity index is 718. The van der Waals surface area contributed by atoms with Crippen molar-refractivity contribution in [3.8, 4) is 0 Å². The maximum atomic E-state index is 12.7. The first kappa shape index (κ1) is 55.9. The molecule has 0 aromatic heterocycles. The predicted molar refractivity (Wildman–Crippen MR) is 247 cm³/mol. The lowest BCUT2D eigenvalue weighted by Crippen LogP contribution is -2.13. The van der Waals surface area contributed by atoms with Crippen LogP contribution in [0.15, 0.2) is 0 Å². The van der Waals surface area contributed by atoms with Crippen LogP contribution in [-0.2, 0) is 23.8 Å². The lowest BCUT2D eigenvalue weighted by molar-refractivity contribution is -0.146. The lowest BCUT2D eigenvalue weighted by atomic mass is 9.91. The van der Waals surface area contributed by atoms with Crippen LogP contribution in [0.3, 0.4) is 0 Å². The zero-order valence-electron chi connectivity index (χ0n) is 39.5. The van der Waals surface area contributed by atoms with Gasteiger partial charge < -0.3 is 14.2 Å². The van der Waals surface area contributed by atoms with Crippen LogP contribution < -0.4 is 0 Å². The van der Waals surface area contributed by atoms with E-state index in [4.69, 9.17) is 14.2 Å². The maximum absolute atomic E-state index is 12.7. The standard InChI is InChI=1S/C52H102O5/c1-6-10-14-18-22-30-38-48(39-31-23-19-15-11-7-2)46-51(53)56-44-36-28-26-34-42-50(55-5)43-35-27-29-37-45-57-52(54)47-49(40-32-24-20-16-12-8-3)41-33-25-21-17-13-9-4/h48-50H,6-47H2,1-5H3. The normalized spacial score (nSPS) is 11.7. The third-order valence-electron chi connectivity index (χ3n) is 12.5. The van der Waals surface area contributed by atoms with Gasteiger partial charge in [0.05, 0.1) is 19.3 Å². The van der Waals surface area contributed by atoms with Gasteiger partial charge in [-0.2, -0.15) is 0 Å². The van der Waals surface area contributed by atoms with Gasteiger partial charge in [0.1, 0.15) is 0 Å². The van der Waals surface area contributed by atoms with Crippen LogP contribution in [0.25, 0.3) is 0 Å². The van der Waals surface area contributed by atoms with Gasteiger partial charge in [-0.15, -0.1) is 0 Å². The Morgan fingerprint density at radius 2 is 0.579 bits per heavy atom. The molecule has 0 aliphatic heterocycles. The average molecular weight is 807 g/mol. The van der Waals surface area contributed by atoms with Crippen LogP contribution in [0.4, 0.5) is 0 Å². The van der Waals surface area contributed by atoms with Gasteiger partial charge in [-0.05, 0) is 63.2 Å². The summed E-state index contributed by atoms with van der Waals surface area (Å²) in [7, 11) is 1.85. The summed E-state index contributed by atoms with van der Waals surface area (Å²) in [5.41, 5.74) is 0. The lowest BCUT2D eigenvalue weighted by Gasteiger charge is -2.17. The van der Waals surface area contributed by atoms with Gasteiger partial charge in [-0.3, -0.25) is 9.59 Å². The summed E-state index contributed by atoms with van der Waals surface area (Å²) >= 11 is 0. The van der Waals surface area contributed by atoms with Crippen molar-refractivity contribution in [2.45, 2.75) is 291 Å². The molecule has 0 fully saturated rings. The van der Waals surface area contributed by atoms with E-state index in [0.717, 1.165) is 38.5 Å². The molecule has 5 nitrogen and oxygen atoms in total. The third-order valence-corrected chi connectivity index (χ3v) is 12.5. The van der Waals surface area contributed by atoms with Gasteiger partial charge >= 0.3 is 11.9 Å². The average Bonchev–Trinajstić information content (AvgIpc) is 3.21. The van der Waals surface area contributed by atoms with Crippen LogP contribution in [0.1, 0.15) is 285 Å². The minimum Gasteiger partial charge on any atom is -0.466 e. The minimum absolute atomic E-state index is 0.0285.